The zero-order chi connectivity index (χ0) is 15.5. The van der Waals surface area contributed by atoms with Gasteiger partial charge in [0.1, 0.15) is 0 Å². The molecular weight excluding hydrogens is 264 g/mol. The Hall–Kier alpha value is -0.940. The molecular formula is C17H30N2O2. The number of ether oxygens (including phenoxy) is 2. The van der Waals surface area contributed by atoms with Gasteiger partial charge in [-0.2, -0.15) is 0 Å². The average Bonchev–Trinajstić information content (AvgIpc) is 2.48. The van der Waals surface area contributed by atoms with Gasteiger partial charge < -0.3 is 14.8 Å². The van der Waals surface area contributed by atoms with Crippen LogP contribution in [-0.4, -0.2) is 51.5 Å². The fourth-order valence-corrected chi connectivity index (χ4v) is 2.13. The lowest BCUT2D eigenvalue weighted by Gasteiger charge is -2.22. The molecule has 0 spiro atoms. The molecule has 0 amide bonds. The molecule has 0 aliphatic heterocycles. The number of hydrogen-bond donors (Lipinski definition) is 1. The third-order valence-corrected chi connectivity index (χ3v) is 3.34. The SMILES string of the molecule is COCCN(CCOC)Cc1cccc(CNC(C)C)c1. The van der Waals surface area contributed by atoms with Gasteiger partial charge in [-0.05, 0) is 11.1 Å². The maximum absolute atomic E-state index is 5.19. The highest BCUT2D eigenvalue weighted by Gasteiger charge is 2.06. The molecule has 120 valence electrons. The van der Waals surface area contributed by atoms with Crippen molar-refractivity contribution < 1.29 is 9.47 Å². The Bertz CT molecular complexity index is 375. The molecule has 0 radical (unpaired) electrons. The van der Waals surface area contributed by atoms with E-state index < -0.39 is 0 Å². The van der Waals surface area contributed by atoms with Crippen LogP contribution < -0.4 is 5.32 Å². The summed E-state index contributed by atoms with van der Waals surface area (Å²) in [7, 11) is 3.49. The average molecular weight is 294 g/mol. The number of nitrogens with zero attached hydrogens (tertiary/aromatic N) is 1. The highest BCUT2D eigenvalue weighted by molar-refractivity contribution is 5.23. The molecule has 4 heteroatoms. The van der Waals surface area contributed by atoms with Gasteiger partial charge in [0, 0.05) is 46.4 Å². The Labute approximate surface area is 129 Å². The number of nitrogens with one attached hydrogen (secondary N) is 1. The van der Waals surface area contributed by atoms with E-state index in [-0.39, 0.29) is 0 Å². The lowest BCUT2D eigenvalue weighted by molar-refractivity contribution is 0.110. The smallest absolute Gasteiger partial charge is 0.0589 e. The van der Waals surface area contributed by atoms with Gasteiger partial charge in [0.15, 0.2) is 0 Å². The topological polar surface area (TPSA) is 33.7 Å². The lowest BCUT2D eigenvalue weighted by atomic mass is 10.1. The van der Waals surface area contributed by atoms with Crippen molar-refractivity contribution in [3.8, 4) is 0 Å². The second kappa shape index (κ2) is 10.7. The first-order valence-corrected chi connectivity index (χ1v) is 7.67. The summed E-state index contributed by atoms with van der Waals surface area (Å²) in [5.41, 5.74) is 2.67. The minimum Gasteiger partial charge on any atom is -0.383 e. The van der Waals surface area contributed by atoms with Gasteiger partial charge in [-0.15, -0.1) is 0 Å². The van der Waals surface area contributed by atoms with Crippen LogP contribution >= 0.6 is 0 Å². The Kier molecular flexibility index (Phi) is 9.26. The minimum atomic E-state index is 0.508. The molecule has 0 fully saturated rings. The standard InChI is InChI=1S/C17H30N2O2/c1-15(2)18-13-16-6-5-7-17(12-16)14-19(8-10-20-3)9-11-21-4/h5-7,12,15,18H,8-11,13-14H2,1-4H3. The van der Waals surface area contributed by atoms with Gasteiger partial charge in [0.05, 0.1) is 13.2 Å². The van der Waals surface area contributed by atoms with Crippen LogP contribution in [0.25, 0.3) is 0 Å². The molecule has 0 aliphatic carbocycles. The molecule has 1 N–H and O–H groups in total. The second-order valence-electron chi connectivity index (χ2n) is 5.62. The number of methoxy groups -OCH3 is 2. The van der Waals surface area contributed by atoms with Gasteiger partial charge in [-0.25, -0.2) is 0 Å². The van der Waals surface area contributed by atoms with Crippen LogP contribution in [0.2, 0.25) is 0 Å². The van der Waals surface area contributed by atoms with E-state index in [9.17, 15) is 0 Å². The molecule has 1 aromatic rings. The number of rotatable bonds is 11. The Morgan fingerprint density at radius 2 is 1.67 bits per heavy atom. The predicted molar refractivity (Wildman–Crippen MR) is 87.4 cm³/mol. The van der Waals surface area contributed by atoms with Crippen molar-refractivity contribution in [1.82, 2.24) is 10.2 Å². The summed E-state index contributed by atoms with van der Waals surface area (Å²) in [6, 6.07) is 9.28. The van der Waals surface area contributed by atoms with Crippen molar-refractivity contribution in [1.29, 1.82) is 0 Å². The molecule has 4 nitrogen and oxygen atoms in total. The van der Waals surface area contributed by atoms with Gasteiger partial charge in [-0.1, -0.05) is 38.1 Å². The van der Waals surface area contributed by atoms with E-state index in [4.69, 9.17) is 9.47 Å². The molecule has 0 aliphatic rings. The van der Waals surface area contributed by atoms with Gasteiger partial charge in [-0.3, -0.25) is 4.90 Å². The fourth-order valence-electron chi connectivity index (χ4n) is 2.13. The van der Waals surface area contributed by atoms with Gasteiger partial charge in [0.2, 0.25) is 0 Å². The van der Waals surface area contributed by atoms with E-state index in [0.717, 1.165) is 39.4 Å². The van der Waals surface area contributed by atoms with Crippen LogP contribution in [0.1, 0.15) is 25.0 Å². The first kappa shape index (κ1) is 18.1. The van der Waals surface area contributed by atoms with Crippen molar-refractivity contribution in [3.05, 3.63) is 35.4 Å². The van der Waals surface area contributed by atoms with Gasteiger partial charge in [0.25, 0.3) is 0 Å². The second-order valence-corrected chi connectivity index (χ2v) is 5.62. The summed E-state index contributed by atoms with van der Waals surface area (Å²) in [5, 5.41) is 3.46. The normalized spacial score (nSPS) is 11.5. The monoisotopic (exact) mass is 294 g/mol. The van der Waals surface area contributed by atoms with E-state index in [2.05, 4.69) is 48.3 Å². The maximum Gasteiger partial charge on any atom is 0.0589 e. The quantitative estimate of drug-likeness (QED) is 0.679. The molecule has 1 rings (SSSR count). The first-order valence-electron chi connectivity index (χ1n) is 7.67. The molecule has 1 aromatic carbocycles. The highest BCUT2D eigenvalue weighted by atomic mass is 16.5. The Morgan fingerprint density at radius 1 is 1.05 bits per heavy atom. The van der Waals surface area contributed by atoms with E-state index in [0.29, 0.717) is 6.04 Å². The first-order chi connectivity index (χ1) is 10.2. The van der Waals surface area contributed by atoms with Crippen LogP contribution in [0.4, 0.5) is 0 Å². The molecule has 0 saturated heterocycles. The van der Waals surface area contributed by atoms with Crippen molar-refractivity contribution in [2.75, 3.05) is 40.5 Å². The third-order valence-electron chi connectivity index (χ3n) is 3.34. The Balaban J connectivity index is 2.58. The predicted octanol–water partition coefficient (Wildman–Crippen LogP) is 2.28. The maximum atomic E-state index is 5.19. The van der Waals surface area contributed by atoms with Crippen molar-refractivity contribution in [2.45, 2.75) is 33.0 Å². The lowest BCUT2D eigenvalue weighted by Crippen LogP contribution is -2.30. The Morgan fingerprint density at radius 3 is 2.24 bits per heavy atom. The van der Waals surface area contributed by atoms with E-state index in [1.807, 2.05) is 0 Å². The summed E-state index contributed by atoms with van der Waals surface area (Å²) in [4.78, 5) is 2.36. The van der Waals surface area contributed by atoms with Crippen LogP contribution in [-0.2, 0) is 22.6 Å². The number of hydrogen-bond acceptors (Lipinski definition) is 4. The molecule has 21 heavy (non-hydrogen) atoms. The number of benzene rings is 1. The van der Waals surface area contributed by atoms with E-state index in [1.165, 1.54) is 11.1 Å². The third kappa shape index (κ3) is 8.17. The highest BCUT2D eigenvalue weighted by Crippen LogP contribution is 2.09. The van der Waals surface area contributed by atoms with Crippen molar-refractivity contribution in [2.24, 2.45) is 0 Å². The zero-order valence-electron chi connectivity index (χ0n) is 13.9. The summed E-state index contributed by atoms with van der Waals surface area (Å²) in [6.45, 7) is 9.53. The van der Waals surface area contributed by atoms with Crippen LogP contribution in [0, 0.1) is 0 Å². The van der Waals surface area contributed by atoms with Gasteiger partial charge >= 0.3 is 0 Å². The van der Waals surface area contributed by atoms with E-state index in [1.54, 1.807) is 14.2 Å². The molecule has 0 aromatic heterocycles. The van der Waals surface area contributed by atoms with E-state index >= 15 is 0 Å². The zero-order valence-corrected chi connectivity index (χ0v) is 13.9. The molecule has 0 bridgehead atoms. The molecule has 0 heterocycles. The van der Waals surface area contributed by atoms with Crippen molar-refractivity contribution >= 4 is 0 Å². The van der Waals surface area contributed by atoms with Crippen LogP contribution in [0.3, 0.4) is 0 Å². The fraction of sp³-hybridized carbons (Fsp3) is 0.647. The summed E-state index contributed by atoms with van der Waals surface area (Å²) < 4.78 is 10.4. The van der Waals surface area contributed by atoms with Crippen LogP contribution in [0.5, 0.6) is 0 Å². The van der Waals surface area contributed by atoms with Crippen LogP contribution in [0.15, 0.2) is 24.3 Å². The van der Waals surface area contributed by atoms with Crippen molar-refractivity contribution in [3.63, 3.8) is 0 Å². The minimum absolute atomic E-state index is 0.508. The molecule has 0 unspecified atom stereocenters. The summed E-state index contributed by atoms with van der Waals surface area (Å²) in [5.74, 6) is 0. The summed E-state index contributed by atoms with van der Waals surface area (Å²) >= 11 is 0. The largest absolute Gasteiger partial charge is 0.383 e. The summed E-state index contributed by atoms with van der Waals surface area (Å²) in [6.07, 6.45) is 0. The molecule has 0 atom stereocenters. The molecule has 0 saturated carbocycles.